The number of ether oxygens (including phenoxy) is 2. The Kier molecular flexibility index (Phi) is 2.52. The summed E-state index contributed by atoms with van der Waals surface area (Å²) in [5, 5.41) is 10.3. The molecule has 3 atom stereocenters. The smallest absolute Gasteiger partial charge is 0.167 e. The van der Waals surface area contributed by atoms with Crippen molar-refractivity contribution in [3.8, 4) is 17.2 Å². The van der Waals surface area contributed by atoms with Gasteiger partial charge in [-0.25, -0.2) is 0 Å². The van der Waals surface area contributed by atoms with Crippen molar-refractivity contribution in [3.63, 3.8) is 0 Å². The number of phenolic OH excluding ortho intramolecular Hbond substituents is 1. The zero-order chi connectivity index (χ0) is 15.9. The van der Waals surface area contributed by atoms with Gasteiger partial charge in [-0.15, -0.1) is 0 Å². The van der Waals surface area contributed by atoms with Crippen molar-refractivity contribution in [1.82, 2.24) is 0 Å². The van der Waals surface area contributed by atoms with E-state index in [-0.39, 0.29) is 22.7 Å². The Morgan fingerprint density at radius 1 is 1.32 bits per heavy atom. The predicted octanol–water partition coefficient (Wildman–Crippen LogP) is 3.80. The van der Waals surface area contributed by atoms with Crippen LogP contribution in [0.3, 0.4) is 0 Å². The standard InChI is InChI=1S/C18H22O4/c1-9(19)14-12(20)7-13-15-10-8-18(4,22-16(14)15)6-5-11(10)17(2,3)21-13/h7,10-11,20H,5-6,8H2,1-4H3/t10-,11+,18-/m0/s1. The fourth-order valence-electron chi connectivity index (χ4n) is 4.72. The molecule has 0 aromatic heterocycles. The number of rotatable bonds is 1. The minimum atomic E-state index is -0.266. The molecule has 0 unspecified atom stereocenters. The quantitative estimate of drug-likeness (QED) is 0.802. The van der Waals surface area contributed by atoms with Crippen LogP contribution < -0.4 is 9.47 Å². The molecule has 22 heavy (non-hydrogen) atoms. The molecule has 0 radical (unpaired) electrons. The van der Waals surface area contributed by atoms with Crippen molar-refractivity contribution in [2.45, 2.75) is 64.1 Å². The fourth-order valence-corrected chi connectivity index (χ4v) is 4.72. The largest absolute Gasteiger partial charge is 0.507 e. The van der Waals surface area contributed by atoms with Crippen LogP contribution in [0.1, 0.15) is 68.8 Å². The lowest BCUT2D eigenvalue weighted by Gasteiger charge is -2.55. The molecule has 2 aliphatic heterocycles. The Bertz CT molecular complexity index is 691. The monoisotopic (exact) mass is 302 g/mol. The van der Waals surface area contributed by atoms with Crippen LogP contribution in [0, 0.1) is 5.92 Å². The van der Waals surface area contributed by atoms with Gasteiger partial charge in [0.05, 0.1) is 0 Å². The minimum absolute atomic E-state index is 0.0425. The molecule has 4 rings (SSSR count). The molecule has 0 saturated heterocycles. The SMILES string of the molecule is CC(=O)c1c(O)cc2c3c1O[C@@]1(C)CC[C@H]([C@@H]3C1)C(C)(C)O2. The van der Waals surface area contributed by atoms with E-state index in [0.29, 0.717) is 28.9 Å². The Hall–Kier alpha value is -1.71. The van der Waals surface area contributed by atoms with Crippen LogP contribution in [0.4, 0.5) is 0 Å². The highest BCUT2D eigenvalue weighted by Gasteiger charge is 2.55. The first-order valence-corrected chi connectivity index (χ1v) is 8.01. The van der Waals surface area contributed by atoms with Crippen LogP contribution in [0.5, 0.6) is 17.2 Å². The number of carbonyl (C=O) groups excluding carboxylic acids is 1. The summed E-state index contributed by atoms with van der Waals surface area (Å²) < 4.78 is 12.4. The maximum absolute atomic E-state index is 12.0. The normalized spacial score (nSPS) is 33.6. The number of phenols is 1. The van der Waals surface area contributed by atoms with Crippen molar-refractivity contribution >= 4 is 5.78 Å². The number of ketones is 1. The van der Waals surface area contributed by atoms with Gasteiger partial charge in [-0.1, -0.05) is 0 Å². The third kappa shape index (κ3) is 1.67. The third-order valence-corrected chi connectivity index (χ3v) is 5.72. The molecule has 1 aromatic carbocycles. The van der Waals surface area contributed by atoms with Crippen LogP contribution in [0.15, 0.2) is 6.07 Å². The number of hydrogen-bond acceptors (Lipinski definition) is 4. The Labute approximate surface area is 130 Å². The van der Waals surface area contributed by atoms with E-state index < -0.39 is 0 Å². The van der Waals surface area contributed by atoms with Crippen LogP contribution in [0.25, 0.3) is 0 Å². The number of fused-ring (bicyclic) bond motifs is 1. The molecule has 0 spiro atoms. The average Bonchev–Trinajstić information content (AvgIpc) is 2.34. The van der Waals surface area contributed by atoms with Crippen molar-refractivity contribution in [3.05, 3.63) is 17.2 Å². The lowest BCUT2D eigenvalue weighted by atomic mass is 9.61. The number of carbonyl (C=O) groups is 1. The van der Waals surface area contributed by atoms with Gasteiger partial charge in [0.1, 0.15) is 34.0 Å². The summed E-state index contributed by atoms with van der Waals surface area (Å²) in [5.74, 6) is 1.77. The maximum Gasteiger partial charge on any atom is 0.167 e. The zero-order valence-corrected chi connectivity index (χ0v) is 13.5. The maximum atomic E-state index is 12.0. The van der Waals surface area contributed by atoms with Crippen molar-refractivity contribution in [2.75, 3.05) is 0 Å². The summed E-state index contributed by atoms with van der Waals surface area (Å²) in [7, 11) is 0. The molecule has 4 nitrogen and oxygen atoms in total. The number of hydrogen-bond donors (Lipinski definition) is 1. The molecule has 1 saturated carbocycles. The molecule has 3 aliphatic rings. The second-order valence-electron chi connectivity index (χ2n) is 7.78. The topological polar surface area (TPSA) is 55.8 Å². The van der Waals surface area contributed by atoms with Crippen molar-refractivity contribution in [1.29, 1.82) is 0 Å². The second-order valence-corrected chi connectivity index (χ2v) is 7.78. The van der Waals surface area contributed by atoms with E-state index in [4.69, 9.17) is 9.47 Å². The summed E-state index contributed by atoms with van der Waals surface area (Å²) in [4.78, 5) is 12.0. The van der Waals surface area contributed by atoms with Crippen molar-refractivity contribution < 1.29 is 19.4 Å². The molecule has 2 heterocycles. The van der Waals surface area contributed by atoms with Crippen LogP contribution in [0.2, 0.25) is 0 Å². The number of benzene rings is 1. The first-order valence-electron chi connectivity index (χ1n) is 8.01. The van der Waals surface area contributed by atoms with E-state index >= 15 is 0 Å². The van der Waals surface area contributed by atoms with Gasteiger partial charge in [0.25, 0.3) is 0 Å². The van der Waals surface area contributed by atoms with E-state index in [1.165, 1.54) is 6.92 Å². The van der Waals surface area contributed by atoms with Crippen molar-refractivity contribution in [2.24, 2.45) is 5.92 Å². The molecule has 1 aliphatic carbocycles. The molecule has 2 bridgehead atoms. The molecule has 0 amide bonds. The van der Waals surface area contributed by atoms with Gasteiger partial charge in [-0.05, 0) is 47.0 Å². The molecule has 1 fully saturated rings. The third-order valence-electron chi connectivity index (χ3n) is 5.72. The summed E-state index contributed by atoms with van der Waals surface area (Å²) in [5.41, 5.74) is 0.775. The minimum Gasteiger partial charge on any atom is -0.507 e. The first-order chi connectivity index (χ1) is 10.2. The molecule has 118 valence electrons. The summed E-state index contributed by atoms with van der Waals surface area (Å²) in [6.45, 7) is 7.82. The predicted molar refractivity (Wildman–Crippen MR) is 81.9 cm³/mol. The highest BCUT2D eigenvalue weighted by molar-refractivity contribution is 6.00. The molecular weight excluding hydrogens is 280 g/mol. The lowest BCUT2D eigenvalue weighted by molar-refractivity contribution is -0.0731. The van der Waals surface area contributed by atoms with E-state index in [9.17, 15) is 9.90 Å². The Balaban J connectivity index is 2.03. The van der Waals surface area contributed by atoms with Crippen LogP contribution in [-0.4, -0.2) is 22.1 Å². The van der Waals surface area contributed by atoms with Gasteiger partial charge < -0.3 is 14.6 Å². The number of Topliss-reactive ketones (excluding diaryl/α,β-unsaturated/α-hetero) is 1. The Morgan fingerprint density at radius 3 is 2.73 bits per heavy atom. The number of aromatic hydroxyl groups is 1. The lowest BCUT2D eigenvalue weighted by Crippen LogP contribution is -2.54. The zero-order valence-electron chi connectivity index (χ0n) is 13.5. The Morgan fingerprint density at radius 2 is 2.05 bits per heavy atom. The summed E-state index contributed by atoms with van der Waals surface area (Å²) in [6.07, 6.45) is 2.96. The van der Waals surface area contributed by atoms with Gasteiger partial charge in [-0.2, -0.15) is 0 Å². The second kappa shape index (κ2) is 3.98. The van der Waals surface area contributed by atoms with Gasteiger partial charge in [0.15, 0.2) is 5.78 Å². The molecule has 1 N–H and O–H groups in total. The highest BCUT2D eigenvalue weighted by atomic mass is 16.5. The van der Waals surface area contributed by atoms with E-state index in [0.717, 1.165) is 24.8 Å². The van der Waals surface area contributed by atoms with E-state index in [1.54, 1.807) is 6.07 Å². The van der Waals surface area contributed by atoms with Gasteiger partial charge in [-0.3, -0.25) is 4.79 Å². The summed E-state index contributed by atoms with van der Waals surface area (Å²) >= 11 is 0. The molecular formula is C18H22O4. The highest BCUT2D eigenvalue weighted by Crippen LogP contribution is 2.61. The van der Waals surface area contributed by atoms with Gasteiger partial charge in [0, 0.05) is 23.5 Å². The first kappa shape index (κ1) is 13.9. The van der Waals surface area contributed by atoms with E-state index in [2.05, 4.69) is 20.8 Å². The van der Waals surface area contributed by atoms with Crippen LogP contribution in [-0.2, 0) is 0 Å². The van der Waals surface area contributed by atoms with Gasteiger partial charge in [0.2, 0.25) is 0 Å². The van der Waals surface area contributed by atoms with Gasteiger partial charge >= 0.3 is 0 Å². The average molecular weight is 302 g/mol. The van der Waals surface area contributed by atoms with E-state index in [1.807, 2.05) is 0 Å². The fraction of sp³-hybridized carbons (Fsp3) is 0.611. The molecule has 4 heteroatoms. The molecule has 1 aromatic rings. The summed E-state index contributed by atoms with van der Waals surface area (Å²) in [6, 6.07) is 1.59. The van der Waals surface area contributed by atoms with Crippen LogP contribution >= 0.6 is 0 Å².